The fourth-order valence-corrected chi connectivity index (χ4v) is 5.68. The Hall–Kier alpha value is -7.17. The van der Waals surface area contributed by atoms with E-state index >= 15 is 0 Å². The first-order chi connectivity index (χ1) is 27.7. The van der Waals surface area contributed by atoms with Gasteiger partial charge in [-0.15, -0.1) is 0 Å². The zero-order valence-corrected chi connectivity index (χ0v) is 32.6. The average Bonchev–Trinajstić information content (AvgIpc) is 3.23. The van der Waals surface area contributed by atoms with Gasteiger partial charge in [0.2, 0.25) is 0 Å². The van der Waals surface area contributed by atoms with Gasteiger partial charge >= 0.3 is 18.5 Å². The predicted molar refractivity (Wildman–Crippen MR) is 219 cm³/mol. The van der Waals surface area contributed by atoms with E-state index in [0.29, 0.717) is 0 Å². The topological polar surface area (TPSA) is 128 Å². The molecule has 7 rings (SSSR count). The second kappa shape index (κ2) is 27.4. The van der Waals surface area contributed by atoms with Crippen molar-refractivity contribution in [2.75, 3.05) is 0 Å². The van der Waals surface area contributed by atoms with E-state index < -0.39 is 0 Å². The summed E-state index contributed by atoms with van der Waals surface area (Å²) in [6.45, 7) is 6.38. The van der Waals surface area contributed by atoms with Crippen LogP contribution in [0.1, 0.15) is 38.9 Å². The number of hydrogen-bond donors (Lipinski definition) is 0. The van der Waals surface area contributed by atoms with Crippen molar-refractivity contribution in [1.82, 2.24) is 9.97 Å². The maximum atomic E-state index is 8.12. The molecule has 0 aliphatic heterocycles. The van der Waals surface area contributed by atoms with Gasteiger partial charge in [0.25, 0.3) is 0 Å². The molecule has 0 spiro atoms. The Morgan fingerprint density at radius 2 is 0.860 bits per heavy atom. The summed E-state index contributed by atoms with van der Waals surface area (Å²) < 4.78 is 0. The van der Waals surface area contributed by atoms with Gasteiger partial charge in [0.05, 0.1) is 0 Å². The van der Waals surface area contributed by atoms with Crippen LogP contribution in [0.25, 0.3) is 22.3 Å². The Kier molecular flexibility index (Phi) is 22.1. The van der Waals surface area contributed by atoms with E-state index in [4.69, 9.17) is 40.4 Å². The van der Waals surface area contributed by atoms with E-state index in [2.05, 4.69) is 146 Å². The second-order valence-corrected chi connectivity index (χ2v) is 12.6. The normalized spacial score (nSPS) is 9.05. The van der Waals surface area contributed by atoms with Crippen LogP contribution in [0.2, 0.25) is 5.02 Å². The first-order valence-electron chi connectivity index (χ1n) is 17.5. The fraction of sp³-hybridized carbons (Fsp3) is 0.104. The highest BCUT2D eigenvalue weighted by molar-refractivity contribution is 6.30. The molecule has 0 aliphatic rings. The van der Waals surface area contributed by atoms with Crippen molar-refractivity contribution < 1.29 is 28.8 Å². The van der Waals surface area contributed by atoms with Crippen LogP contribution >= 0.6 is 11.6 Å². The first kappa shape index (κ1) is 46.0. The summed E-state index contributed by atoms with van der Waals surface area (Å²) in [4.78, 5) is 57.0. The number of aryl methyl sites for hydroxylation is 3. The molecule has 2 aromatic heterocycles. The zero-order valence-electron chi connectivity index (χ0n) is 31.8. The van der Waals surface area contributed by atoms with Gasteiger partial charge in [-0.05, 0) is 114 Å². The lowest BCUT2D eigenvalue weighted by molar-refractivity contribution is -0.193. The summed E-state index contributed by atoms with van der Waals surface area (Å²) in [6.07, 6.45) is 10.1. The lowest BCUT2D eigenvalue weighted by Gasteiger charge is -2.09. The Labute approximate surface area is 337 Å². The van der Waals surface area contributed by atoms with Crippen molar-refractivity contribution in [3.05, 3.63) is 214 Å². The van der Waals surface area contributed by atoms with Crippen LogP contribution in [0.4, 0.5) is 0 Å². The number of rotatable bonds is 6. The molecule has 7 aromatic rings. The fourth-order valence-electron chi connectivity index (χ4n) is 5.45. The third kappa shape index (κ3) is 18.1. The van der Waals surface area contributed by atoms with E-state index in [-0.39, 0.29) is 18.5 Å². The van der Waals surface area contributed by atoms with Gasteiger partial charge in [-0.1, -0.05) is 138 Å². The van der Waals surface area contributed by atoms with Gasteiger partial charge in [-0.25, -0.2) is 0 Å². The molecule has 286 valence electrons. The molecule has 9 heteroatoms. The van der Waals surface area contributed by atoms with Crippen LogP contribution in [-0.4, -0.2) is 28.4 Å². The summed E-state index contributed by atoms with van der Waals surface area (Å²) in [7, 11) is 0. The molecule has 0 radical (unpaired) electrons. The van der Waals surface area contributed by atoms with Crippen LogP contribution < -0.4 is 0 Å². The Morgan fingerprint density at radius 3 is 1.26 bits per heavy atom. The molecule has 0 amide bonds. The molecule has 0 atom stereocenters. The van der Waals surface area contributed by atoms with Crippen molar-refractivity contribution in [3.63, 3.8) is 0 Å². The van der Waals surface area contributed by atoms with Gasteiger partial charge in [-0.2, -0.15) is 28.8 Å². The second-order valence-electron chi connectivity index (χ2n) is 12.1. The predicted octanol–water partition coefficient (Wildman–Crippen LogP) is 10.2. The molecule has 0 aliphatic carbocycles. The molecule has 0 saturated carbocycles. The maximum absolute atomic E-state index is 8.12. The largest absolute Gasteiger partial charge is 0.373 e. The van der Waals surface area contributed by atoms with Crippen LogP contribution in [0, 0.1) is 20.8 Å². The first-order valence-corrected chi connectivity index (χ1v) is 17.8. The molecule has 0 unspecified atom stereocenters. The Bertz CT molecular complexity index is 2270. The molecular weight excluding hydrogens is 736 g/mol. The summed E-state index contributed by atoms with van der Waals surface area (Å²) in [5.41, 5.74) is 14.1. The Balaban J connectivity index is 0.000000272. The number of carbonyl (C=O) groups excluding carboxylic acids is 6. The number of pyridine rings is 2. The number of nitrogens with zero attached hydrogens (tertiary/aromatic N) is 2. The van der Waals surface area contributed by atoms with Crippen molar-refractivity contribution in [1.29, 1.82) is 0 Å². The van der Waals surface area contributed by atoms with Crippen LogP contribution in [0.3, 0.4) is 0 Å². The number of benzene rings is 5. The average molecular weight is 777 g/mol. The van der Waals surface area contributed by atoms with E-state index in [1.807, 2.05) is 42.7 Å². The van der Waals surface area contributed by atoms with E-state index in [0.717, 1.165) is 17.9 Å². The molecule has 5 aromatic carbocycles. The maximum Gasteiger partial charge on any atom is 0.373 e. The van der Waals surface area contributed by atoms with Crippen molar-refractivity contribution in [2.24, 2.45) is 0 Å². The minimum Gasteiger partial charge on any atom is -0.264 e. The van der Waals surface area contributed by atoms with Crippen LogP contribution in [0.5, 0.6) is 0 Å². The lowest BCUT2D eigenvalue weighted by Crippen LogP contribution is -1.92. The molecule has 0 bridgehead atoms. The quantitative estimate of drug-likeness (QED) is 0.163. The summed E-state index contributed by atoms with van der Waals surface area (Å²) in [5.74, 6) is 0. The molecule has 57 heavy (non-hydrogen) atoms. The SMILES string of the molecule is Cc1cc(-c2cccnc2)ccc1Cc1ccccc1.Cc1cc(Cl)ccc1Cc1ccccc1.Cc1cccc(-c2cccnc2)c1.O=C=O.O=C=O.O=C=O. The smallest absolute Gasteiger partial charge is 0.264 e. The molecule has 8 nitrogen and oxygen atoms in total. The van der Waals surface area contributed by atoms with Crippen LogP contribution in [0.15, 0.2) is 170 Å². The third-order valence-electron chi connectivity index (χ3n) is 8.13. The van der Waals surface area contributed by atoms with Gasteiger partial charge in [-0.3, -0.25) is 9.97 Å². The molecular formula is C48H41ClN2O6. The molecule has 2 heterocycles. The standard InChI is InChI=1S/C19H17N.C14H13Cl.C12H11N.3CO2/c1-15-12-18(19-8-5-11-20-14-19)10-9-17(15)13-16-6-3-2-4-7-16;1-11-9-14(15)8-7-13(11)10-12-5-3-2-4-6-12;1-10-4-2-5-11(8-10)12-6-3-7-13-9-12;3*2-1-3/h2-12,14H,13H2,1H3;2-9H,10H2,1H3;2-9H,1H3;;;. The minimum atomic E-state index is 0.250. The molecule has 0 saturated heterocycles. The number of hydrogen-bond acceptors (Lipinski definition) is 8. The summed E-state index contributed by atoms with van der Waals surface area (Å²) in [6, 6.07) is 50.3. The van der Waals surface area contributed by atoms with E-state index in [1.54, 1.807) is 12.4 Å². The van der Waals surface area contributed by atoms with E-state index in [9.17, 15) is 0 Å². The highest BCUT2D eigenvalue weighted by Crippen LogP contribution is 2.23. The lowest BCUT2D eigenvalue weighted by atomic mass is 9.96. The molecule has 0 N–H and O–H groups in total. The number of halogens is 1. The monoisotopic (exact) mass is 776 g/mol. The van der Waals surface area contributed by atoms with Gasteiger partial charge in [0.15, 0.2) is 0 Å². The highest BCUT2D eigenvalue weighted by atomic mass is 35.5. The zero-order chi connectivity index (χ0) is 41.7. The summed E-state index contributed by atoms with van der Waals surface area (Å²) >= 11 is 5.92. The minimum absolute atomic E-state index is 0.250. The van der Waals surface area contributed by atoms with Gasteiger partial charge < -0.3 is 0 Å². The van der Waals surface area contributed by atoms with Crippen molar-refractivity contribution in [3.8, 4) is 22.3 Å². The van der Waals surface area contributed by atoms with Crippen LogP contribution in [-0.2, 0) is 41.6 Å². The van der Waals surface area contributed by atoms with E-state index in [1.165, 1.54) is 61.2 Å². The summed E-state index contributed by atoms with van der Waals surface area (Å²) in [5, 5.41) is 0.810. The number of aromatic nitrogens is 2. The highest BCUT2D eigenvalue weighted by Gasteiger charge is 2.04. The van der Waals surface area contributed by atoms with Crippen molar-refractivity contribution in [2.45, 2.75) is 33.6 Å². The molecule has 0 fully saturated rings. The third-order valence-corrected chi connectivity index (χ3v) is 8.36. The van der Waals surface area contributed by atoms with Crippen molar-refractivity contribution >= 4 is 30.1 Å². The van der Waals surface area contributed by atoms with Gasteiger partial charge in [0, 0.05) is 29.8 Å². The Morgan fingerprint density at radius 1 is 0.439 bits per heavy atom. The van der Waals surface area contributed by atoms with Gasteiger partial charge in [0.1, 0.15) is 0 Å².